The summed E-state index contributed by atoms with van der Waals surface area (Å²) in [5.74, 6) is -1.67. The first-order valence-electron chi connectivity index (χ1n) is 5.12. The van der Waals surface area contributed by atoms with Crippen molar-refractivity contribution in [1.82, 2.24) is 0 Å². The van der Waals surface area contributed by atoms with Crippen molar-refractivity contribution >= 4 is 5.97 Å². The SMILES string of the molecule is CC(C)(O)c1cccc(C(CN)C(=O)O)c1. The molecule has 4 N–H and O–H groups in total. The second-order valence-corrected chi connectivity index (χ2v) is 4.31. The van der Waals surface area contributed by atoms with Crippen LogP contribution < -0.4 is 5.73 Å². The molecule has 0 radical (unpaired) electrons. The van der Waals surface area contributed by atoms with Crippen LogP contribution in [0.15, 0.2) is 24.3 Å². The molecule has 0 amide bonds. The summed E-state index contributed by atoms with van der Waals surface area (Å²) in [6.45, 7) is 3.36. The first kappa shape index (κ1) is 12.7. The molecule has 16 heavy (non-hydrogen) atoms. The lowest BCUT2D eigenvalue weighted by Crippen LogP contribution is -2.22. The van der Waals surface area contributed by atoms with Gasteiger partial charge in [-0.2, -0.15) is 0 Å². The highest BCUT2D eigenvalue weighted by molar-refractivity contribution is 5.76. The molecule has 0 aromatic heterocycles. The third-order valence-electron chi connectivity index (χ3n) is 2.53. The summed E-state index contributed by atoms with van der Waals surface area (Å²) >= 11 is 0. The highest BCUT2D eigenvalue weighted by atomic mass is 16.4. The van der Waals surface area contributed by atoms with E-state index < -0.39 is 17.5 Å². The van der Waals surface area contributed by atoms with Gasteiger partial charge in [-0.3, -0.25) is 4.79 Å². The van der Waals surface area contributed by atoms with Crippen LogP contribution >= 0.6 is 0 Å². The van der Waals surface area contributed by atoms with Crippen LogP contribution in [0.4, 0.5) is 0 Å². The largest absolute Gasteiger partial charge is 0.481 e. The van der Waals surface area contributed by atoms with E-state index >= 15 is 0 Å². The Labute approximate surface area is 94.7 Å². The molecule has 0 heterocycles. The molecule has 4 nitrogen and oxygen atoms in total. The standard InChI is InChI=1S/C12H17NO3/c1-12(2,16)9-5-3-4-8(6-9)10(7-13)11(14)15/h3-6,10,16H,7,13H2,1-2H3,(H,14,15). The van der Waals surface area contributed by atoms with E-state index in [-0.39, 0.29) is 6.54 Å². The fourth-order valence-electron chi connectivity index (χ4n) is 1.52. The van der Waals surface area contributed by atoms with Crippen molar-refractivity contribution in [3.8, 4) is 0 Å². The van der Waals surface area contributed by atoms with Gasteiger partial charge in [0.05, 0.1) is 11.5 Å². The Hall–Kier alpha value is -1.39. The number of aliphatic carboxylic acids is 1. The van der Waals surface area contributed by atoms with Crippen LogP contribution in [0.5, 0.6) is 0 Å². The molecule has 0 aliphatic carbocycles. The maximum absolute atomic E-state index is 10.9. The van der Waals surface area contributed by atoms with Crippen LogP contribution in [0.2, 0.25) is 0 Å². The normalized spacial score (nSPS) is 13.5. The van der Waals surface area contributed by atoms with Crippen molar-refractivity contribution < 1.29 is 15.0 Å². The Balaban J connectivity index is 3.11. The van der Waals surface area contributed by atoms with Crippen molar-refractivity contribution in [2.75, 3.05) is 6.54 Å². The van der Waals surface area contributed by atoms with E-state index in [1.54, 1.807) is 38.1 Å². The fraction of sp³-hybridized carbons (Fsp3) is 0.417. The van der Waals surface area contributed by atoms with E-state index in [1.807, 2.05) is 0 Å². The van der Waals surface area contributed by atoms with Gasteiger partial charge in [0, 0.05) is 6.54 Å². The molecule has 0 saturated heterocycles. The second-order valence-electron chi connectivity index (χ2n) is 4.31. The Kier molecular flexibility index (Phi) is 3.67. The van der Waals surface area contributed by atoms with Crippen LogP contribution in [-0.4, -0.2) is 22.7 Å². The van der Waals surface area contributed by atoms with E-state index in [2.05, 4.69) is 0 Å². The van der Waals surface area contributed by atoms with Gasteiger partial charge in [0.25, 0.3) is 0 Å². The molecular weight excluding hydrogens is 206 g/mol. The minimum absolute atomic E-state index is 0.0463. The number of carboxylic acid groups (broad SMARTS) is 1. The van der Waals surface area contributed by atoms with Crippen molar-refractivity contribution in [2.24, 2.45) is 5.73 Å². The molecule has 1 aromatic carbocycles. The second kappa shape index (κ2) is 4.63. The molecule has 88 valence electrons. The lowest BCUT2D eigenvalue weighted by Gasteiger charge is -2.20. The number of benzene rings is 1. The van der Waals surface area contributed by atoms with E-state index in [0.717, 1.165) is 0 Å². The number of hydrogen-bond donors (Lipinski definition) is 3. The zero-order valence-corrected chi connectivity index (χ0v) is 9.47. The van der Waals surface area contributed by atoms with Gasteiger partial charge in [-0.05, 0) is 25.0 Å². The lowest BCUT2D eigenvalue weighted by molar-refractivity contribution is -0.138. The molecule has 4 heteroatoms. The minimum Gasteiger partial charge on any atom is -0.481 e. The topological polar surface area (TPSA) is 83.5 Å². The van der Waals surface area contributed by atoms with Gasteiger partial charge in [0.2, 0.25) is 0 Å². The smallest absolute Gasteiger partial charge is 0.312 e. The molecule has 0 fully saturated rings. The summed E-state index contributed by atoms with van der Waals surface area (Å²) < 4.78 is 0. The van der Waals surface area contributed by atoms with Crippen molar-refractivity contribution in [3.05, 3.63) is 35.4 Å². The summed E-state index contributed by atoms with van der Waals surface area (Å²) in [5, 5.41) is 18.8. The predicted molar refractivity (Wildman–Crippen MR) is 61.1 cm³/mol. The van der Waals surface area contributed by atoms with Crippen molar-refractivity contribution in [2.45, 2.75) is 25.4 Å². The van der Waals surface area contributed by atoms with Crippen LogP contribution in [0, 0.1) is 0 Å². The number of aliphatic hydroxyl groups is 1. The van der Waals surface area contributed by atoms with Gasteiger partial charge >= 0.3 is 5.97 Å². The van der Waals surface area contributed by atoms with E-state index in [1.165, 1.54) is 0 Å². The van der Waals surface area contributed by atoms with Crippen molar-refractivity contribution in [3.63, 3.8) is 0 Å². The molecular formula is C12H17NO3. The molecule has 1 unspecified atom stereocenters. The highest BCUT2D eigenvalue weighted by Crippen LogP contribution is 2.23. The summed E-state index contributed by atoms with van der Waals surface area (Å²) in [6.07, 6.45) is 0. The average Bonchev–Trinajstić information content (AvgIpc) is 2.17. The third kappa shape index (κ3) is 2.81. The molecule has 0 aliphatic heterocycles. The first-order valence-corrected chi connectivity index (χ1v) is 5.12. The number of carboxylic acids is 1. The van der Waals surface area contributed by atoms with Crippen molar-refractivity contribution in [1.29, 1.82) is 0 Å². The maximum atomic E-state index is 10.9. The third-order valence-corrected chi connectivity index (χ3v) is 2.53. The van der Waals surface area contributed by atoms with Crippen LogP contribution in [0.25, 0.3) is 0 Å². The average molecular weight is 223 g/mol. The first-order chi connectivity index (χ1) is 7.36. The summed E-state index contributed by atoms with van der Waals surface area (Å²) in [5.41, 5.74) is 5.75. The Morgan fingerprint density at radius 3 is 2.56 bits per heavy atom. The Morgan fingerprint density at radius 2 is 2.12 bits per heavy atom. The van der Waals surface area contributed by atoms with Crippen LogP contribution in [0.3, 0.4) is 0 Å². The molecule has 0 bridgehead atoms. The van der Waals surface area contributed by atoms with Gasteiger partial charge in [-0.15, -0.1) is 0 Å². The quantitative estimate of drug-likeness (QED) is 0.712. The summed E-state index contributed by atoms with van der Waals surface area (Å²) in [7, 11) is 0. The van der Waals surface area contributed by atoms with Gasteiger partial charge in [-0.1, -0.05) is 24.3 Å². The van der Waals surface area contributed by atoms with Crippen LogP contribution in [-0.2, 0) is 10.4 Å². The zero-order valence-electron chi connectivity index (χ0n) is 9.47. The number of carbonyl (C=O) groups is 1. The molecule has 0 aliphatic rings. The molecule has 1 atom stereocenters. The fourth-order valence-corrected chi connectivity index (χ4v) is 1.52. The molecule has 0 saturated carbocycles. The Bertz CT molecular complexity index is 382. The van der Waals surface area contributed by atoms with E-state index in [0.29, 0.717) is 11.1 Å². The maximum Gasteiger partial charge on any atom is 0.312 e. The monoisotopic (exact) mass is 223 g/mol. The number of nitrogens with two attached hydrogens (primary N) is 1. The molecule has 1 rings (SSSR count). The van der Waals surface area contributed by atoms with Crippen LogP contribution in [0.1, 0.15) is 30.9 Å². The molecule has 0 spiro atoms. The van der Waals surface area contributed by atoms with Gasteiger partial charge < -0.3 is 15.9 Å². The number of hydrogen-bond acceptors (Lipinski definition) is 3. The Morgan fingerprint density at radius 1 is 1.50 bits per heavy atom. The lowest BCUT2D eigenvalue weighted by atomic mass is 9.92. The van der Waals surface area contributed by atoms with E-state index in [9.17, 15) is 9.90 Å². The van der Waals surface area contributed by atoms with Gasteiger partial charge in [0.1, 0.15) is 0 Å². The predicted octanol–water partition coefficient (Wildman–Crippen LogP) is 1.04. The summed E-state index contributed by atoms with van der Waals surface area (Å²) in [4.78, 5) is 10.9. The minimum atomic E-state index is -0.979. The zero-order chi connectivity index (χ0) is 12.3. The van der Waals surface area contributed by atoms with Gasteiger partial charge in [0.15, 0.2) is 0 Å². The molecule has 1 aromatic rings. The van der Waals surface area contributed by atoms with Gasteiger partial charge in [-0.25, -0.2) is 0 Å². The number of rotatable bonds is 4. The van der Waals surface area contributed by atoms with E-state index in [4.69, 9.17) is 10.8 Å². The highest BCUT2D eigenvalue weighted by Gasteiger charge is 2.21. The summed E-state index contributed by atoms with van der Waals surface area (Å²) in [6, 6.07) is 6.89.